The molecule has 0 spiro atoms. The second-order valence-electron chi connectivity index (χ2n) is 4.60. The van der Waals surface area contributed by atoms with Crippen molar-refractivity contribution in [2.75, 3.05) is 38.6 Å². The Morgan fingerprint density at radius 1 is 1.32 bits per heavy atom. The molecule has 19 heavy (non-hydrogen) atoms. The predicted octanol–water partition coefficient (Wildman–Crippen LogP) is 2.21. The van der Waals surface area contributed by atoms with Gasteiger partial charge in [0, 0.05) is 19.6 Å². The van der Waals surface area contributed by atoms with Crippen molar-refractivity contribution in [2.24, 2.45) is 0 Å². The smallest absolute Gasteiger partial charge is 0.356 e. The topological polar surface area (TPSA) is 56.7 Å². The largest absolute Gasteiger partial charge is 0.476 e. The standard InChI is InChI=1S/C13H20ClN3O2/c1-4-7-17(9-8-16(2)3)11-6-5-10(14)12(15-11)13(18)19/h5-6H,4,7-9H2,1-3H3,(H,18,19). The van der Waals surface area contributed by atoms with Crippen molar-refractivity contribution in [3.63, 3.8) is 0 Å². The van der Waals surface area contributed by atoms with Gasteiger partial charge in [0.05, 0.1) is 5.02 Å². The number of hydrogen-bond acceptors (Lipinski definition) is 4. The molecule has 0 bridgehead atoms. The van der Waals surface area contributed by atoms with Crippen molar-refractivity contribution in [1.82, 2.24) is 9.88 Å². The van der Waals surface area contributed by atoms with Crippen LogP contribution in [-0.4, -0.2) is 54.7 Å². The van der Waals surface area contributed by atoms with Crippen LogP contribution in [0, 0.1) is 0 Å². The number of aromatic carboxylic acids is 1. The van der Waals surface area contributed by atoms with Crippen molar-refractivity contribution < 1.29 is 9.90 Å². The Kier molecular flexibility index (Phi) is 6.05. The van der Waals surface area contributed by atoms with E-state index in [2.05, 4.69) is 21.7 Å². The molecule has 1 heterocycles. The highest BCUT2D eigenvalue weighted by Gasteiger charge is 2.14. The van der Waals surface area contributed by atoms with E-state index in [0.717, 1.165) is 26.1 Å². The van der Waals surface area contributed by atoms with Crippen LogP contribution in [-0.2, 0) is 0 Å². The van der Waals surface area contributed by atoms with Gasteiger partial charge in [-0.2, -0.15) is 0 Å². The molecule has 0 fully saturated rings. The maximum atomic E-state index is 11.0. The van der Waals surface area contributed by atoms with Crippen LogP contribution in [0.4, 0.5) is 5.82 Å². The monoisotopic (exact) mass is 285 g/mol. The molecular weight excluding hydrogens is 266 g/mol. The van der Waals surface area contributed by atoms with E-state index < -0.39 is 5.97 Å². The lowest BCUT2D eigenvalue weighted by molar-refractivity contribution is 0.0691. The van der Waals surface area contributed by atoms with Crippen molar-refractivity contribution in [3.8, 4) is 0 Å². The first-order valence-electron chi connectivity index (χ1n) is 6.25. The number of nitrogens with zero attached hydrogens (tertiary/aromatic N) is 3. The van der Waals surface area contributed by atoms with Gasteiger partial charge in [-0.15, -0.1) is 0 Å². The number of aromatic nitrogens is 1. The molecular formula is C13H20ClN3O2. The Bertz CT molecular complexity index is 438. The molecule has 0 radical (unpaired) electrons. The first-order valence-corrected chi connectivity index (χ1v) is 6.63. The highest BCUT2D eigenvalue weighted by Crippen LogP contribution is 2.19. The Labute approximate surface area is 118 Å². The average Bonchev–Trinajstić information content (AvgIpc) is 2.34. The van der Waals surface area contributed by atoms with Gasteiger partial charge >= 0.3 is 5.97 Å². The van der Waals surface area contributed by atoms with E-state index in [1.54, 1.807) is 12.1 Å². The van der Waals surface area contributed by atoms with Crippen LogP contribution in [0.3, 0.4) is 0 Å². The molecule has 6 heteroatoms. The van der Waals surface area contributed by atoms with Gasteiger partial charge in [-0.3, -0.25) is 0 Å². The number of pyridine rings is 1. The fraction of sp³-hybridized carbons (Fsp3) is 0.538. The van der Waals surface area contributed by atoms with Gasteiger partial charge in [0.25, 0.3) is 0 Å². The first-order chi connectivity index (χ1) is 8.95. The van der Waals surface area contributed by atoms with Crippen LogP contribution in [0.2, 0.25) is 5.02 Å². The van der Waals surface area contributed by atoms with Gasteiger partial charge in [0.1, 0.15) is 5.82 Å². The summed E-state index contributed by atoms with van der Waals surface area (Å²) in [4.78, 5) is 19.3. The van der Waals surface area contributed by atoms with Gasteiger partial charge in [-0.05, 0) is 32.6 Å². The van der Waals surface area contributed by atoms with Gasteiger partial charge < -0.3 is 14.9 Å². The second kappa shape index (κ2) is 7.31. The van der Waals surface area contributed by atoms with E-state index in [1.807, 2.05) is 14.1 Å². The maximum Gasteiger partial charge on any atom is 0.356 e. The number of carboxylic acid groups (broad SMARTS) is 1. The minimum absolute atomic E-state index is 0.0925. The molecule has 0 aromatic carbocycles. The molecule has 0 atom stereocenters. The normalized spacial score (nSPS) is 10.8. The SMILES string of the molecule is CCCN(CCN(C)C)c1ccc(Cl)c(C(=O)O)n1. The fourth-order valence-electron chi connectivity index (χ4n) is 1.69. The van der Waals surface area contributed by atoms with Crippen molar-refractivity contribution in [1.29, 1.82) is 0 Å². The van der Waals surface area contributed by atoms with Crippen LogP contribution in [0.5, 0.6) is 0 Å². The average molecular weight is 286 g/mol. The molecule has 0 saturated carbocycles. The Morgan fingerprint density at radius 2 is 2.00 bits per heavy atom. The zero-order chi connectivity index (χ0) is 14.4. The number of anilines is 1. The van der Waals surface area contributed by atoms with Crippen molar-refractivity contribution in [3.05, 3.63) is 22.8 Å². The molecule has 0 aliphatic carbocycles. The highest BCUT2D eigenvalue weighted by molar-refractivity contribution is 6.33. The molecule has 0 saturated heterocycles. The molecule has 1 aromatic heterocycles. The maximum absolute atomic E-state index is 11.0. The summed E-state index contributed by atoms with van der Waals surface area (Å²) >= 11 is 5.83. The van der Waals surface area contributed by atoms with Crippen molar-refractivity contribution in [2.45, 2.75) is 13.3 Å². The number of likely N-dealkylation sites (N-methyl/N-ethyl adjacent to an activating group) is 1. The highest BCUT2D eigenvalue weighted by atomic mass is 35.5. The predicted molar refractivity (Wildman–Crippen MR) is 77.3 cm³/mol. The van der Waals surface area contributed by atoms with E-state index in [0.29, 0.717) is 5.82 Å². The summed E-state index contributed by atoms with van der Waals surface area (Å²) in [5.41, 5.74) is -0.0925. The van der Waals surface area contributed by atoms with Crippen LogP contribution in [0.25, 0.3) is 0 Å². The van der Waals surface area contributed by atoms with Crippen LogP contribution in [0.15, 0.2) is 12.1 Å². The molecule has 1 N–H and O–H groups in total. The number of carbonyl (C=O) groups is 1. The van der Waals surface area contributed by atoms with Crippen LogP contribution in [0.1, 0.15) is 23.8 Å². The summed E-state index contributed by atoms with van der Waals surface area (Å²) in [6.07, 6.45) is 0.972. The van der Waals surface area contributed by atoms with E-state index >= 15 is 0 Å². The second-order valence-corrected chi connectivity index (χ2v) is 5.00. The van der Waals surface area contributed by atoms with Gasteiger partial charge in [-0.25, -0.2) is 9.78 Å². The van der Waals surface area contributed by atoms with Gasteiger partial charge in [-0.1, -0.05) is 18.5 Å². The van der Waals surface area contributed by atoms with Gasteiger partial charge in [0.2, 0.25) is 0 Å². The third kappa shape index (κ3) is 4.69. The molecule has 0 amide bonds. The third-order valence-electron chi connectivity index (χ3n) is 2.67. The molecule has 1 rings (SSSR count). The fourth-order valence-corrected chi connectivity index (χ4v) is 1.88. The van der Waals surface area contributed by atoms with E-state index in [4.69, 9.17) is 16.7 Å². The Balaban J connectivity index is 2.95. The zero-order valence-electron chi connectivity index (χ0n) is 11.6. The minimum Gasteiger partial charge on any atom is -0.476 e. The quantitative estimate of drug-likeness (QED) is 0.832. The first kappa shape index (κ1) is 15.7. The van der Waals surface area contributed by atoms with Crippen LogP contribution >= 0.6 is 11.6 Å². The Hall–Kier alpha value is -1.33. The van der Waals surface area contributed by atoms with E-state index in [9.17, 15) is 4.79 Å². The third-order valence-corrected chi connectivity index (χ3v) is 2.97. The Morgan fingerprint density at radius 3 is 2.53 bits per heavy atom. The lowest BCUT2D eigenvalue weighted by Gasteiger charge is -2.25. The molecule has 0 aliphatic rings. The number of hydrogen-bond donors (Lipinski definition) is 1. The number of rotatable bonds is 7. The summed E-state index contributed by atoms with van der Waals surface area (Å²) < 4.78 is 0. The van der Waals surface area contributed by atoms with Gasteiger partial charge in [0.15, 0.2) is 5.69 Å². The molecule has 0 unspecified atom stereocenters. The summed E-state index contributed by atoms with van der Waals surface area (Å²) in [5, 5.41) is 9.21. The van der Waals surface area contributed by atoms with Crippen LogP contribution < -0.4 is 4.90 Å². The van der Waals surface area contributed by atoms with E-state index in [1.165, 1.54) is 0 Å². The zero-order valence-corrected chi connectivity index (χ0v) is 12.3. The summed E-state index contributed by atoms with van der Waals surface area (Å²) in [7, 11) is 4.00. The summed E-state index contributed by atoms with van der Waals surface area (Å²) in [6.45, 7) is 4.60. The molecule has 1 aromatic rings. The lowest BCUT2D eigenvalue weighted by atomic mass is 10.3. The summed E-state index contributed by atoms with van der Waals surface area (Å²) in [5.74, 6) is -0.443. The van der Waals surface area contributed by atoms with E-state index in [-0.39, 0.29) is 10.7 Å². The molecule has 5 nitrogen and oxygen atoms in total. The number of halogens is 1. The minimum atomic E-state index is -1.10. The molecule has 106 valence electrons. The molecule has 0 aliphatic heterocycles. The number of carboxylic acids is 1. The van der Waals surface area contributed by atoms with Crippen molar-refractivity contribution >= 4 is 23.4 Å². The lowest BCUT2D eigenvalue weighted by Crippen LogP contribution is -2.33. The summed E-state index contributed by atoms with van der Waals surface area (Å²) in [6, 6.07) is 3.35.